The van der Waals surface area contributed by atoms with E-state index in [2.05, 4.69) is 13.8 Å². The first-order valence-corrected chi connectivity index (χ1v) is 10.8. The second kappa shape index (κ2) is 11.2. The number of ether oxygens (including phenoxy) is 1. The lowest BCUT2D eigenvalue weighted by molar-refractivity contribution is -0.135. The molecule has 29 heavy (non-hydrogen) atoms. The molecule has 0 fully saturated rings. The normalized spacial score (nSPS) is 18.9. The van der Waals surface area contributed by atoms with Gasteiger partial charge in [-0.25, -0.2) is 0 Å². The first-order chi connectivity index (χ1) is 13.8. The molecule has 162 valence electrons. The molecule has 1 atom stereocenters. The third-order valence-electron chi connectivity index (χ3n) is 5.25. The molecule has 2 rings (SSSR count). The first-order valence-electron chi connectivity index (χ1n) is 10.8. The topological polar surface area (TPSA) is 53.1 Å². The Kier molecular flexibility index (Phi) is 8.96. The van der Waals surface area contributed by atoms with E-state index >= 15 is 0 Å². The quantitative estimate of drug-likeness (QED) is 0.758. The summed E-state index contributed by atoms with van der Waals surface area (Å²) in [5.41, 5.74) is 0.601. The summed E-state index contributed by atoms with van der Waals surface area (Å²) in [6, 6.07) is 7.44. The van der Waals surface area contributed by atoms with Gasteiger partial charge in [-0.05, 0) is 58.3 Å². The zero-order valence-electron chi connectivity index (χ0n) is 18.7. The second-order valence-electron chi connectivity index (χ2n) is 8.51. The molecule has 0 aromatic heterocycles. The molecule has 2 amide bonds. The molecule has 6 nitrogen and oxygen atoms in total. The fourth-order valence-corrected chi connectivity index (χ4v) is 3.82. The van der Waals surface area contributed by atoms with Crippen molar-refractivity contribution in [1.82, 2.24) is 14.7 Å². The highest BCUT2D eigenvalue weighted by molar-refractivity contribution is 5.96. The van der Waals surface area contributed by atoms with Crippen molar-refractivity contribution in [2.45, 2.75) is 46.1 Å². The summed E-state index contributed by atoms with van der Waals surface area (Å²) >= 11 is 0. The maximum absolute atomic E-state index is 13.0. The van der Waals surface area contributed by atoms with Gasteiger partial charge in [0.2, 0.25) is 5.91 Å². The van der Waals surface area contributed by atoms with Crippen LogP contribution < -0.4 is 4.74 Å². The third kappa shape index (κ3) is 6.74. The number of amides is 2. The van der Waals surface area contributed by atoms with Crippen molar-refractivity contribution in [2.75, 3.05) is 46.9 Å². The van der Waals surface area contributed by atoms with Crippen LogP contribution >= 0.6 is 0 Å². The molecule has 0 saturated heterocycles. The molecule has 1 aliphatic rings. The minimum atomic E-state index is -0.00712. The SMILES string of the molecule is CCN1CCCCN(C(=O)CN(C)C)[C@@H](CC(C)C)COc2ccccc2C1=O. The van der Waals surface area contributed by atoms with E-state index in [9.17, 15) is 9.59 Å². The maximum atomic E-state index is 13.0. The standard InChI is InChI=1S/C23H37N3O3/c1-6-25-13-9-10-14-26(22(27)16-24(4)5)19(15-18(2)3)17-29-21-12-8-7-11-20(21)23(25)28/h7-8,11-12,18-19H,6,9-10,13-17H2,1-5H3/t19-/m0/s1. The molecule has 0 N–H and O–H groups in total. The predicted molar refractivity (Wildman–Crippen MR) is 116 cm³/mol. The van der Waals surface area contributed by atoms with E-state index in [0.717, 1.165) is 19.3 Å². The van der Waals surface area contributed by atoms with Gasteiger partial charge in [0.05, 0.1) is 18.2 Å². The van der Waals surface area contributed by atoms with Crippen molar-refractivity contribution < 1.29 is 14.3 Å². The van der Waals surface area contributed by atoms with Crippen molar-refractivity contribution in [1.29, 1.82) is 0 Å². The van der Waals surface area contributed by atoms with Gasteiger partial charge in [-0.1, -0.05) is 26.0 Å². The molecular formula is C23H37N3O3. The smallest absolute Gasteiger partial charge is 0.257 e. The molecule has 1 aromatic carbocycles. The van der Waals surface area contributed by atoms with Gasteiger partial charge >= 0.3 is 0 Å². The molecule has 1 heterocycles. The van der Waals surface area contributed by atoms with E-state index in [1.165, 1.54) is 0 Å². The van der Waals surface area contributed by atoms with Crippen molar-refractivity contribution >= 4 is 11.8 Å². The van der Waals surface area contributed by atoms with Crippen LogP contribution in [0.25, 0.3) is 0 Å². The van der Waals surface area contributed by atoms with Crippen LogP contribution in [0.3, 0.4) is 0 Å². The Morgan fingerprint density at radius 1 is 1.21 bits per heavy atom. The molecule has 0 bridgehead atoms. The monoisotopic (exact) mass is 403 g/mol. The lowest BCUT2D eigenvalue weighted by atomic mass is 10.0. The van der Waals surface area contributed by atoms with E-state index in [1.54, 1.807) is 0 Å². The van der Waals surface area contributed by atoms with Crippen LogP contribution in [0.15, 0.2) is 24.3 Å². The Hall–Kier alpha value is -2.08. The molecule has 6 heteroatoms. The highest BCUT2D eigenvalue weighted by atomic mass is 16.5. The Morgan fingerprint density at radius 2 is 1.90 bits per heavy atom. The van der Waals surface area contributed by atoms with E-state index in [0.29, 0.717) is 50.0 Å². The third-order valence-corrected chi connectivity index (χ3v) is 5.25. The highest BCUT2D eigenvalue weighted by Gasteiger charge is 2.27. The largest absolute Gasteiger partial charge is 0.491 e. The van der Waals surface area contributed by atoms with Gasteiger partial charge in [-0.2, -0.15) is 0 Å². The minimum absolute atomic E-state index is 0.00712. The summed E-state index contributed by atoms with van der Waals surface area (Å²) in [5.74, 6) is 1.20. The van der Waals surface area contributed by atoms with E-state index < -0.39 is 0 Å². The van der Waals surface area contributed by atoms with Crippen molar-refractivity contribution in [3.05, 3.63) is 29.8 Å². The number of carbonyl (C=O) groups excluding carboxylic acids is 2. The average molecular weight is 404 g/mol. The van der Waals surface area contributed by atoms with Crippen LogP contribution in [-0.2, 0) is 4.79 Å². The lowest BCUT2D eigenvalue weighted by Crippen LogP contribution is -2.48. The molecule has 0 radical (unpaired) electrons. The Balaban J connectivity index is 2.34. The van der Waals surface area contributed by atoms with Gasteiger partial charge in [-0.15, -0.1) is 0 Å². The number of para-hydroxylation sites is 1. The van der Waals surface area contributed by atoms with Crippen LogP contribution in [0.2, 0.25) is 0 Å². The number of nitrogens with zero attached hydrogens (tertiary/aromatic N) is 3. The number of benzene rings is 1. The molecular weight excluding hydrogens is 366 g/mol. The van der Waals surface area contributed by atoms with Gasteiger partial charge in [0.25, 0.3) is 5.91 Å². The molecule has 0 aliphatic carbocycles. The lowest BCUT2D eigenvalue weighted by Gasteiger charge is -2.35. The van der Waals surface area contributed by atoms with E-state index in [1.807, 2.05) is 60.0 Å². The van der Waals surface area contributed by atoms with Crippen LogP contribution in [0.4, 0.5) is 0 Å². The van der Waals surface area contributed by atoms with Crippen LogP contribution in [0.1, 0.15) is 50.4 Å². The summed E-state index contributed by atoms with van der Waals surface area (Å²) in [4.78, 5) is 31.8. The number of rotatable bonds is 5. The molecule has 1 aliphatic heterocycles. The fraction of sp³-hybridized carbons (Fsp3) is 0.652. The maximum Gasteiger partial charge on any atom is 0.257 e. The Bertz CT molecular complexity index is 675. The highest BCUT2D eigenvalue weighted by Crippen LogP contribution is 2.23. The zero-order valence-corrected chi connectivity index (χ0v) is 18.7. The van der Waals surface area contributed by atoms with Crippen molar-refractivity contribution in [3.63, 3.8) is 0 Å². The minimum Gasteiger partial charge on any atom is -0.491 e. The van der Waals surface area contributed by atoms with Crippen LogP contribution in [0, 0.1) is 5.92 Å². The first kappa shape index (κ1) is 23.2. The van der Waals surface area contributed by atoms with Crippen molar-refractivity contribution in [2.24, 2.45) is 5.92 Å². The second-order valence-corrected chi connectivity index (χ2v) is 8.51. The number of carbonyl (C=O) groups is 2. The zero-order chi connectivity index (χ0) is 21.4. The number of likely N-dealkylation sites (N-methyl/N-ethyl adjacent to an activating group) is 1. The van der Waals surface area contributed by atoms with Gasteiger partial charge < -0.3 is 19.4 Å². The summed E-state index contributed by atoms with van der Waals surface area (Å²) in [6.45, 7) is 9.17. The number of fused-ring (bicyclic) bond motifs is 1. The number of hydrogen-bond donors (Lipinski definition) is 0. The van der Waals surface area contributed by atoms with Gasteiger partial charge in [0.1, 0.15) is 12.4 Å². The number of hydrogen-bond acceptors (Lipinski definition) is 4. The van der Waals surface area contributed by atoms with Crippen LogP contribution in [0.5, 0.6) is 5.75 Å². The van der Waals surface area contributed by atoms with E-state index in [4.69, 9.17) is 4.74 Å². The van der Waals surface area contributed by atoms with E-state index in [-0.39, 0.29) is 17.9 Å². The molecule has 0 spiro atoms. The fourth-order valence-electron chi connectivity index (χ4n) is 3.82. The molecule has 0 saturated carbocycles. The Morgan fingerprint density at radius 3 is 2.55 bits per heavy atom. The van der Waals surface area contributed by atoms with Crippen LogP contribution in [-0.4, -0.2) is 79.4 Å². The van der Waals surface area contributed by atoms with Gasteiger partial charge in [0.15, 0.2) is 0 Å². The van der Waals surface area contributed by atoms with Gasteiger partial charge in [-0.3, -0.25) is 9.59 Å². The average Bonchev–Trinajstić information content (AvgIpc) is 2.66. The van der Waals surface area contributed by atoms with Gasteiger partial charge in [0, 0.05) is 19.6 Å². The summed E-state index contributed by atoms with van der Waals surface area (Å²) in [7, 11) is 3.84. The predicted octanol–water partition coefficient (Wildman–Crippen LogP) is 3.13. The summed E-state index contributed by atoms with van der Waals surface area (Å²) in [6.07, 6.45) is 2.62. The Labute approximate surface area is 175 Å². The summed E-state index contributed by atoms with van der Waals surface area (Å²) < 4.78 is 6.17. The molecule has 1 aromatic rings. The molecule has 0 unspecified atom stereocenters. The summed E-state index contributed by atoms with van der Waals surface area (Å²) in [5, 5.41) is 0. The van der Waals surface area contributed by atoms with Crippen molar-refractivity contribution in [3.8, 4) is 5.75 Å².